The Balaban J connectivity index is 4.42. The van der Waals surface area contributed by atoms with E-state index in [4.69, 9.17) is 0 Å². The quantitative estimate of drug-likeness (QED) is 0.207. The summed E-state index contributed by atoms with van der Waals surface area (Å²) in [5, 5.41) is 0. The number of allylic oxidation sites excluding steroid dienone is 14. The molecule has 0 spiro atoms. The Labute approximate surface area is 142 Å². The largest absolute Gasteiger partial charge is 0.299 e. The zero-order valence-electron chi connectivity index (χ0n) is 15.2. The molecule has 0 aromatic rings. The molecule has 1 heteroatoms. The second kappa shape index (κ2) is 13.5. The summed E-state index contributed by atoms with van der Waals surface area (Å²) >= 11 is 0. The highest BCUT2D eigenvalue weighted by atomic mass is 16.1. The lowest BCUT2D eigenvalue weighted by molar-refractivity contribution is -0.104. The van der Waals surface area contributed by atoms with Gasteiger partial charge >= 0.3 is 0 Å². The van der Waals surface area contributed by atoms with E-state index in [2.05, 4.69) is 58.1 Å². The molecule has 0 rings (SSSR count). The lowest BCUT2D eigenvalue weighted by Gasteiger charge is -1.96. The summed E-state index contributed by atoms with van der Waals surface area (Å²) in [6, 6.07) is 0. The first-order valence-electron chi connectivity index (χ1n) is 8.06. The Morgan fingerprint density at radius 2 is 1.30 bits per heavy atom. The molecule has 0 bridgehead atoms. The topological polar surface area (TPSA) is 17.1 Å². The van der Waals surface area contributed by atoms with E-state index >= 15 is 0 Å². The van der Waals surface area contributed by atoms with Crippen molar-refractivity contribution in [2.75, 3.05) is 0 Å². The maximum Gasteiger partial charge on any atom is 0.142 e. The first kappa shape index (κ1) is 20.9. The molecule has 0 saturated heterocycles. The lowest BCUT2D eigenvalue weighted by atomic mass is 10.1. The predicted octanol–water partition coefficient (Wildman–Crippen LogP) is 6.44. The van der Waals surface area contributed by atoms with Crippen molar-refractivity contribution in [2.45, 2.75) is 47.5 Å². The summed E-state index contributed by atoms with van der Waals surface area (Å²) in [5.74, 6) is 0. The summed E-state index contributed by atoms with van der Waals surface area (Å²) in [6.07, 6.45) is 22.9. The minimum atomic E-state index is 0.775. The van der Waals surface area contributed by atoms with Crippen molar-refractivity contribution in [2.24, 2.45) is 0 Å². The van der Waals surface area contributed by atoms with Crippen LogP contribution in [0.3, 0.4) is 0 Å². The Morgan fingerprint density at radius 3 is 1.87 bits per heavy atom. The number of carbonyl (C=O) groups is 1. The molecule has 0 aliphatic carbocycles. The van der Waals surface area contributed by atoms with Crippen LogP contribution < -0.4 is 0 Å². The average molecular weight is 310 g/mol. The minimum absolute atomic E-state index is 0.775. The Kier molecular flexibility index (Phi) is 12.2. The third-order valence-corrected chi connectivity index (χ3v) is 3.10. The third kappa shape index (κ3) is 14.5. The van der Waals surface area contributed by atoms with Crippen LogP contribution in [0.5, 0.6) is 0 Å². The van der Waals surface area contributed by atoms with Crippen LogP contribution in [-0.2, 0) is 4.79 Å². The Bertz CT molecular complexity index is 557. The van der Waals surface area contributed by atoms with Gasteiger partial charge in [-0.15, -0.1) is 0 Å². The smallest absolute Gasteiger partial charge is 0.142 e. The molecule has 0 heterocycles. The fourth-order valence-electron chi connectivity index (χ4n) is 1.75. The van der Waals surface area contributed by atoms with Gasteiger partial charge in [0.1, 0.15) is 6.29 Å². The van der Waals surface area contributed by atoms with Crippen LogP contribution in [0.1, 0.15) is 47.5 Å². The van der Waals surface area contributed by atoms with E-state index < -0.39 is 0 Å². The number of rotatable bonds is 9. The molecule has 0 unspecified atom stereocenters. The highest BCUT2D eigenvalue weighted by Crippen LogP contribution is 2.07. The van der Waals surface area contributed by atoms with E-state index in [1.54, 1.807) is 6.08 Å². The summed E-state index contributed by atoms with van der Waals surface area (Å²) in [7, 11) is 0. The zero-order valence-corrected chi connectivity index (χ0v) is 15.2. The normalized spacial score (nSPS) is 14.2. The van der Waals surface area contributed by atoms with Crippen molar-refractivity contribution >= 4 is 6.29 Å². The molecule has 0 amide bonds. The van der Waals surface area contributed by atoms with Crippen LogP contribution in [-0.4, -0.2) is 6.29 Å². The van der Waals surface area contributed by atoms with Crippen molar-refractivity contribution in [1.29, 1.82) is 0 Å². The summed E-state index contributed by atoms with van der Waals surface area (Å²) < 4.78 is 0. The molecule has 0 aliphatic heterocycles. The van der Waals surface area contributed by atoms with E-state index in [1.807, 2.05) is 25.2 Å². The van der Waals surface area contributed by atoms with Crippen molar-refractivity contribution in [3.8, 4) is 0 Å². The number of carbonyl (C=O) groups excluding carboxylic acids is 1. The van der Waals surface area contributed by atoms with E-state index in [9.17, 15) is 4.79 Å². The molecule has 0 aliphatic rings. The monoisotopic (exact) mass is 310 g/mol. The SMILES string of the molecule is CC(C)=CCC/C(C)=C/C=C\C(C)=C/C=C/C(C)=C/C=C/C=O. The molecule has 0 fully saturated rings. The molecule has 124 valence electrons. The maximum atomic E-state index is 10.2. The van der Waals surface area contributed by atoms with Crippen molar-refractivity contribution in [3.63, 3.8) is 0 Å². The van der Waals surface area contributed by atoms with Gasteiger partial charge in [0.15, 0.2) is 0 Å². The second-order valence-electron chi connectivity index (χ2n) is 5.89. The Morgan fingerprint density at radius 1 is 0.739 bits per heavy atom. The third-order valence-electron chi connectivity index (χ3n) is 3.10. The molecule has 0 N–H and O–H groups in total. The molecule has 0 radical (unpaired) electrons. The van der Waals surface area contributed by atoms with Gasteiger partial charge < -0.3 is 0 Å². The van der Waals surface area contributed by atoms with E-state index in [1.165, 1.54) is 22.8 Å². The fraction of sp³-hybridized carbons (Fsp3) is 0.318. The predicted molar refractivity (Wildman–Crippen MR) is 103 cm³/mol. The summed E-state index contributed by atoms with van der Waals surface area (Å²) in [6.45, 7) is 10.5. The van der Waals surface area contributed by atoms with Gasteiger partial charge in [0.25, 0.3) is 0 Å². The number of aldehydes is 1. The van der Waals surface area contributed by atoms with Gasteiger partial charge in [0, 0.05) is 0 Å². The number of hydrogen-bond donors (Lipinski definition) is 0. The van der Waals surface area contributed by atoms with Crippen LogP contribution in [0.25, 0.3) is 0 Å². The summed E-state index contributed by atoms with van der Waals surface area (Å²) in [5.41, 5.74) is 5.07. The molecule has 23 heavy (non-hydrogen) atoms. The molecule has 0 aromatic heterocycles. The van der Waals surface area contributed by atoms with Crippen LogP contribution in [0.15, 0.2) is 83.1 Å². The van der Waals surface area contributed by atoms with Gasteiger partial charge in [-0.1, -0.05) is 77.0 Å². The second-order valence-corrected chi connectivity index (χ2v) is 5.89. The average Bonchev–Trinajstić information content (AvgIpc) is 2.47. The maximum absolute atomic E-state index is 10.2. The van der Waals surface area contributed by atoms with Crippen LogP contribution in [0.4, 0.5) is 0 Å². The first-order chi connectivity index (χ1) is 11.0. The van der Waals surface area contributed by atoms with Crippen LogP contribution in [0, 0.1) is 0 Å². The van der Waals surface area contributed by atoms with E-state index in [0.29, 0.717) is 0 Å². The van der Waals surface area contributed by atoms with Gasteiger partial charge in [0.2, 0.25) is 0 Å². The van der Waals surface area contributed by atoms with Gasteiger partial charge in [-0.2, -0.15) is 0 Å². The van der Waals surface area contributed by atoms with Gasteiger partial charge in [-0.3, -0.25) is 4.79 Å². The molecular weight excluding hydrogens is 280 g/mol. The molecular formula is C22H30O. The lowest BCUT2D eigenvalue weighted by Crippen LogP contribution is -1.76. The first-order valence-corrected chi connectivity index (χ1v) is 8.06. The van der Waals surface area contributed by atoms with Gasteiger partial charge in [-0.25, -0.2) is 0 Å². The highest BCUT2D eigenvalue weighted by molar-refractivity contribution is 5.65. The fourth-order valence-corrected chi connectivity index (χ4v) is 1.75. The van der Waals surface area contributed by atoms with Crippen molar-refractivity contribution in [3.05, 3.63) is 83.1 Å². The highest BCUT2D eigenvalue weighted by Gasteiger charge is 1.87. The Hall–Kier alpha value is -2.15. The van der Waals surface area contributed by atoms with Crippen LogP contribution in [0.2, 0.25) is 0 Å². The molecule has 0 atom stereocenters. The van der Waals surface area contributed by atoms with Gasteiger partial charge in [-0.05, 0) is 53.5 Å². The van der Waals surface area contributed by atoms with Gasteiger partial charge in [0.05, 0.1) is 0 Å². The zero-order chi connectivity index (χ0) is 17.5. The number of hydrogen-bond acceptors (Lipinski definition) is 1. The van der Waals surface area contributed by atoms with Crippen molar-refractivity contribution < 1.29 is 4.79 Å². The molecule has 1 nitrogen and oxygen atoms in total. The van der Waals surface area contributed by atoms with E-state index in [0.717, 1.165) is 24.7 Å². The minimum Gasteiger partial charge on any atom is -0.299 e. The molecule has 0 aromatic carbocycles. The summed E-state index contributed by atoms with van der Waals surface area (Å²) in [4.78, 5) is 10.2. The standard InChI is InChI=1S/C22H30O/c1-19(2)11-8-13-21(4)15-10-17-22(5)16-9-14-20(3)12-6-7-18-23/h6-7,9-12,14-18H,8,13H2,1-5H3/b7-6+,14-9+,17-10-,20-12+,21-15+,22-16-. The van der Waals surface area contributed by atoms with Crippen molar-refractivity contribution in [1.82, 2.24) is 0 Å². The van der Waals surface area contributed by atoms with E-state index in [-0.39, 0.29) is 0 Å². The molecule has 0 saturated carbocycles. The van der Waals surface area contributed by atoms with Crippen LogP contribution >= 0.6 is 0 Å².